The zero-order valence-electron chi connectivity index (χ0n) is 12.6. The molecule has 1 saturated carbocycles. The molecule has 1 fully saturated rings. The van der Waals surface area contributed by atoms with Crippen molar-refractivity contribution in [2.75, 3.05) is 12.4 Å². The van der Waals surface area contributed by atoms with Gasteiger partial charge in [-0.05, 0) is 54.3 Å². The summed E-state index contributed by atoms with van der Waals surface area (Å²) in [5.74, 6) is -0.710. The fourth-order valence-electron chi connectivity index (χ4n) is 2.61. The molecule has 0 bridgehead atoms. The monoisotopic (exact) mass is 313 g/mol. The first-order valence-corrected chi connectivity index (χ1v) is 7.33. The highest BCUT2D eigenvalue weighted by atomic mass is 19.1. The van der Waals surface area contributed by atoms with Gasteiger partial charge < -0.3 is 10.1 Å². The Bertz CT molecular complexity index is 725. The van der Waals surface area contributed by atoms with E-state index >= 15 is 0 Å². The van der Waals surface area contributed by atoms with Gasteiger partial charge in [-0.15, -0.1) is 0 Å². The molecule has 0 heterocycles. The molecule has 2 aromatic carbocycles. The van der Waals surface area contributed by atoms with Crippen molar-refractivity contribution in [1.82, 2.24) is 0 Å². The molecule has 1 aliphatic carbocycles. The number of nitrogens with one attached hydrogen (secondary N) is 1. The number of hydrogen-bond acceptors (Lipinski definition) is 3. The summed E-state index contributed by atoms with van der Waals surface area (Å²) in [6.07, 6.45) is 0.762. The number of methoxy groups -OCH3 is 1. The second-order valence-electron chi connectivity index (χ2n) is 5.56. The Morgan fingerprint density at radius 1 is 1.09 bits per heavy atom. The first kappa shape index (κ1) is 15.2. The smallest absolute Gasteiger partial charge is 0.337 e. The summed E-state index contributed by atoms with van der Waals surface area (Å²) in [4.78, 5) is 23.6. The molecule has 2 unspecified atom stereocenters. The van der Waals surface area contributed by atoms with Crippen LogP contribution in [0.15, 0.2) is 48.5 Å². The van der Waals surface area contributed by atoms with Crippen molar-refractivity contribution in [2.45, 2.75) is 12.3 Å². The van der Waals surface area contributed by atoms with Gasteiger partial charge in [-0.1, -0.05) is 12.1 Å². The van der Waals surface area contributed by atoms with E-state index in [9.17, 15) is 14.0 Å². The van der Waals surface area contributed by atoms with Crippen molar-refractivity contribution < 1.29 is 18.7 Å². The van der Waals surface area contributed by atoms with Gasteiger partial charge in [0, 0.05) is 11.6 Å². The lowest BCUT2D eigenvalue weighted by Crippen LogP contribution is -2.14. The van der Waals surface area contributed by atoms with Crippen LogP contribution in [0.4, 0.5) is 10.1 Å². The lowest BCUT2D eigenvalue weighted by molar-refractivity contribution is -0.117. The highest BCUT2D eigenvalue weighted by Crippen LogP contribution is 2.47. The van der Waals surface area contributed by atoms with Crippen molar-refractivity contribution in [1.29, 1.82) is 0 Å². The molecule has 3 rings (SSSR count). The van der Waals surface area contributed by atoms with Crippen molar-refractivity contribution in [3.8, 4) is 0 Å². The maximum atomic E-state index is 12.9. The molecule has 1 aliphatic rings. The van der Waals surface area contributed by atoms with E-state index in [1.54, 1.807) is 36.4 Å². The molecule has 4 nitrogen and oxygen atoms in total. The van der Waals surface area contributed by atoms with Crippen LogP contribution < -0.4 is 5.32 Å². The van der Waals surface area contributed by atoms with Crippen molar-refractivity contribution in [3.63, 3.8) is 0 Å². The second-order valence-corrected chi connectivity index (χ2v) is 5.56. The predicted molar refractivity (Wildman–Crippen MR) is 83.7 cm³/mol. The first-order chi connectivity index (χ1) is 11.1. The molecule has 23 heavy (non-hydrogen) atoms. The first-order valence-electron chi connectivity index (χ1n) is 7.33. The van der Waals surface area contributed by atoms with Crippen molar-refractivity contribution in [3.05, 3.63) is 65.5 Å². The van der Waals surface area contributed by atoms with Crippen LogP contribution in [0, 0.1) is 11.7 Å². The molecular weight excluding hydrogens is 297 g/mol. The highest BCUT2D eigenvalue weighted by molar-refractivity contribution is 5.96. The Kier molecular flexibility index (Phi) is 4.10. The molecule has 2 atom stereocenters. The van der Waals surface area contributed by atoms with Gasteiger partial charge in [0.2, 0.25) is 5.91 Å². The minimum Gasteiger partial charge on any atom is -0.465 e. The average molecular weight is 313 g/mol. The fraction of sp³-hybridized carbons (Fsp3) is 0.222. The van der Waals surface area contributed by atoms with Crippen LogP contribution in [-0.2, 0) is 9.53 Å². The molecule has 0 radical (unpaired) electrons. The third-order valence-corrected chi connectivity index (χ3v) is 4.00. The Labute approximate surface area is 133 Å². The average Bonchev–Trinajstić information content (AvgIpc) is 3.36. The zero-order chi connectivity index (χ0) is 16.4. The Morgan fingerprint density at radius 2 is 1.74 bits per heavy atom. The van der Waals surface area contributed by atoms with Crippen molar-refractivity contribution in [2.24, 2.45) is 5.92 Å². The second kappa shape index (κ2) is 6.20. The van der Waals surface area contributed by atoms with Gasteiger partial charge in [-0.25, -0.2) is 9.18 Å². The molecule has 1 amide bonds. The number of carbonyl (C=O) groups is 2. The summed E-state index contributed by atoms with van der Waals surface area (Å²) in [6.45, 7) is 0. The van der Waals surface area contributed by atoms with Crippen molar-refractivity contribution >= 4 is 17.6 Å². The highest BCUT2D eigenvalue weighted by Gasteiger charge is 2.43. The van der Waals surface area contributed by atoms with Crippen LogP contribution in [0.3, 0.4) is 0 Å². The lowest BCUT2D eigenvalue weighted by Gasteiger charge is -2.06. The Balaban J connectivity index is 1.60. The number of esters is 1. The van der Waals surface area contributed by atoms with Gasteiger partial charge in [0.25, 0.3) is 0 Å². The van der Waals surface area contributed by atoms with E-state index in [-0.39, 0.29) is 23.6 Å². The quantitative estimate of drug-likeness (QED) is 0.881. The molecular formula is C18H16FNO3. The largest absolute Gasteiger partial charge is 0.465 e. The molecule has 0 spiro atoms. The third-order valence-electron chi connectivity index (χ3n) is 4.00. The van der Waals surface area contributed by atoms with E-state index in [0.29, 0.717) is 11.3 Å². The number of amides is 1. The van der Waals surface area contributed by atoms with E-state index in [1.807, 2.05) is 0 Å². The summed E-state index contributed by atoms with van der Waals surface area (Å²) in [5.41, 5.74) is 2.04. The standard InChI is InChI=1S/C18H16FNO3/c1-23-18(22)12-4-8-14(9-5-12)20-17(21)16-10-15(16)11-2-6-13(19)7-3-11/h2-9,15-16H,10H2,1H3,(H,20,21). The summed E-state index contributed by atoms with van der Waals surface area (Å²) < 4.78 is 17.5. The lowest BCUT2D eigenvalue weighted by atomic mass is 10.1. The minimum atomic E-state index is -0.415. The predicted octanol–water partition coefficient (Wildman–Crippen LogP) is 3.35. The summed E-state index contributed by atoms with van der Waals surface area (Å²) in [6, 6.07) is 12.8. The van der Waals surface area contributed by atoms with E-state index in [1.165, 1.54) is 19.2 Å². The van der Waals surface area contributed by atoms with Gasteiger partial charge in [-0.3, -0.25) is 4.79 Å². The topological polar surface area (TPSA) is 55.4 Å². The number of hydrogen-bond donors (Lipinski definition) is 1. The zero-order valence-corrected chi connectivity index (χ0v) is 12.6. The van der Waals surface area contributed by atoms with E-state index in [4.69, 9.17) is 0 Å². The van der Waals surface area contributed by atoms with Crippen LogP contribution in [0.1, 0.15) is 28.3 Å². The fourth-order valence-corrected chi connectivity index (χ4v) is 2.61. The maximum Gasteiger partial charge on any atom is 0.337 e. The third kappa shape index (κ3) is 3.39. The molecule has 0 saturated heterocycles. The number of ether oxygens (including phenoxy) is 1. The van der Waals surface area contributed by atoms with Crippen LogP contribution in [0.25, 0.3) is 0 Å². The molecule has 2 aromatic rings. The van der Waals surface area contributed by atoms with E-state index < -0.39 is 5.97 Å². The van der Waals surface area contributed by atoms with Gasteiger partial charge in [0.05, 0.1) is 12.7 Å². The Morgan fingerprint density at radius 3 is 2.35 bits per heavy atom. The van der Waals surface area contributed by atoms with Gasteiger partial charge in [0.15, 0.2) is 0 Å². The summed E-state index contributed by atoms with van der Waals surface area (Å²) >= 11 is 0. The Hall–Kier alpha value is -2.69. The van der Waals surface area contributed by atoms with Gasteiger partial charge >= 0.3 is 5.97 Å². The summed E-state index contributed by atoms with van der Waals surface area (Å²) in [5, 5.41) is 2.83. The SMILES string of the molecule is COC(=O)c1ccc(NC(=O)C2CC2c2ccc(F)cc2)cc1. The van der Waals surface area contributed by atoms with Crippen LogP contribution in [-0.4, -0.2) is 19.0 Å². The van der Waals surface area contributed by atoms with Crippen LogP contribution >= 0.6 is 0 Å². The van der Waals surface area contributed by atoms with Crippen LogP contribution in [0.2, 0.25) is 0 Å². The van der Waals surface area contributed by atoms with Crippen LogP contribution in [0.5, 0.6) is 0 Å². The normalized spacial score (nSPS) is 19.0. The number of halogens is 1. The van der Waals surface area contributed by atoms with Gasteiger partial charge in [0.1, 0.15) is 5.82 Å². The molecule has 0 aromatic heterocycles. The minimum absolute atomic E-state index is 0.0647. The molecule has 1 N–H and O–H groups in total. The van der Waals surface area contributed by atoms with E-state index in [2.05, 4.69) is 10.1 Å². The number of carbonyl (C=O) groups excluding carboxylic acids is 2. The molecule has 118 valence electrons. The molecule has 0 aliphatic heterocycles. The maximum absolute atomic E-state index is 12.9. The van der Waals surface area contributed by atoms with E-state index in [0.717, 1.165) is 12.0 Å². The van der Waals surface area contributed by atoms with Gasteiger partial charge in [-0.2, -0.15) is 0 Å². The summed E-state index contributed by atoms with van der Waals surface area (Å²) in [7, 11) is 1.32. The number of benzene rings is 2. The number of anilines is 1. The number of rotatable bonds is 4. The molecule has 5 heteroatoms.